The Morgan fingerprint density at radius 2 is 2.21 bits per heavy atom. The molecule has 2 N–H and O–H groups in total. The predicted octanol–water partition coefficient (Wildman–Crippen LogP) is 1.67. The highest BCUT2D eigenvalue weighted by Gasteiger charge is 2.32. The zero-order valence-corrected chi connectivity index (χ0v) is 13.6. The zero-order valence-electron chi connectivity index (χ0n) is 13.6. The van der Waals surface area contributed by atoms with Crippen LogP contribution in [-0.2, 0) is 11.2 Å². The smallest absolute Gasteiger partial charge is 0.314 e. The summed E-state index contributed by atoms with van der Waals surface area (Å²) in [6.45, 7) is 3.37. The van der Waals surface area contributed by atoms with Crippen LogP contribution in [0.5, 0.6) is 0 Å². The summed E-state index contributed by atoms with van der Waals surface area (Å²) in [7, 11) is 0. The van der Waals surface area contributed by atoms with E-state index in [0.717, 1.165) is 37.9 Å². The van der Waals surface area contributed by atoms with Crippen molar-refractivity contribution in [3.8, 4) is 0 Å². The summed E-state index contributed by atoms with van der Waals surface area (Å²) in [5.74, 6) is -0.945. The molecule has 2 amide bonds. The molecule has 2 saturated heterocycles. The lowest BCUT2D eigenvalue weighted by Gasteiger charge is -2.35. The van der Waals surface area contributed by atoms with E-state index in [1.165, 1.54) is 12.8 Å². The minimum atomic E-state index is -0.481. The lowest BCUT2D eigenvalue weighted by Crippen LogP contribution is -2.51. The van der Waals surface area contributed by atoms with Gasteiger partial charge >= 0.3 is 6.03 Å². The highest BCUT2D eigenvalue weighted by atomic mass is 19.1. The number of nitrogens with zero attached hydrogens (tertiary/aromatic N) is 1. The molecule has 1 aromatic rings. The highest BCUT2D eigenvalue weighted by Crippen LogP contribution is 2.22. The van der Waals surface area contributed by atoms with Crippen molar-refractivity contribution in [3.63, 3.8) is 0 Å². The van der Waals surface area contributed by atoms with Crippen molar-refractivity contribution in [2.75, 3.05) is 32.8 Å². The van der Waals surface area contributed by atoms with E-state index in [2.05, 4.69) is 15.5 Å². The third kappa shape index (κ3) is 4.42. The van der Waals surface area contributed by atoms with Gasteiger partial charge < -0.3 is 15.4 Å². The van der Waals surface area contributed by atoms with Crippen LogP contribution < -0.4 is 10.6 Å². The van der Waals surface area contributed by atoms with Gasteiger partial charge in [-0.05, 0) is 49.6 Å². The summed E-state index contributed by atoms with van der Waals surface area (Å²) in [6, 6.07) is 3.54. The van der Waals surface area contributed by atoms with Gasteiger partial charge in [0, 0.05) is 25.7 Å². The molecule has 24 heavy (non-hydrogen) atoms. The van der Waals surface area contributed by atoms with Gasteiger partial charge in [-0.1, -0.05) is 0 Å². The maximum Gasteiger partial charge on any atom is 0.314 e. The first-order valence-corrected chi connectivity index (χ1v) is 8.43. The fourth-order valence-corrected chi connectivity index (χ4v) is 3.32. The van der Waals surface area contributed by atoms with Crippen molar-refractivity contribution in [3.05, 3.63) is 35.4 Å². The van der Waals surface area contributed by atoms with Crippen molar-refractivity contribution in [1.29, 1.82) is 0 Å². The Kier molecular flexibility index (Phi) is 5.63. The highest BCUT2D eigenvalue weighted by molar-refractivity contribution is 5.73. The fourth-order valence-electron chi connectivity index (χ4n) is 3.32. The Labute approximate surface area is 140 Å². The molecule has 2 aliphatic rings. The monoisotopic (exact) mass is 339 g/mol. The summed E-state index contributed by atoms with van der Waals surface area (Å²) < 4.78 is 32.3. The van der Waals surface area contributed by atoms with Crippen LogP contribution in [0.2, 0.25) is 0 Å². The van der Waals surface area contributed by atoms with Crippen molar-refractivity contribution < 1.29 is 18.3 Å². The average Bonchev–Trinajstić information content (AvgIpc) is 3.04. The number of benzene rings is 1. The van der Waals surface area contributed by atoms with Crippen LogP contribution in [0.1, 0.15) is 18.4 Å². The molecule has 0 radical (unpaired) electrons. The molecule has 2 fully saturated rings. The molecule has 0 unspecified atom stereocenters. The Bertz CT molecular complexity index is 585. The van der Waals surface area contributed by atoms with Gasteiger partial charge in [0.1, 0.15) is 11.6 Å². The molecule has 5 nitrogen and oxygen atoms in total. The van der Waals surface area contributed by atoms with Gasteiger partial charge in [-0.15, -0.1) is 0 Å². The Balaban J connectivity index is 1.35. The van der Waals surface area contributed by atoms with E-state index < -0.39 is 11.6 Å². The van der Waals surface area contributed by atoms with E-state index in [9.17, 15) is 13.6 Å². The van der Waals surface area contributed by atoms with Crippen LogP contribution >= 0.6 is 0 Å². The second kappa shape index (κ2) is 7.90. The third-order valence-corrected chi connectivity index (χ3v) is 4.64. The standard InChI is InChI=1S/C17H23F2N3O2/c18-13-3-4-16(19)12(8-13)5-6-20-17(23)21-9-15-10-22-7-1-2-14(22)11-24-15/h3-4,8,14-15H,1-2,5-7,9-11H2,(H2,20,21,23)/t14-,15-/m1/s1. The lowest BCUT2D eigenvalue weighted by atomic mass is 10.1. The zero-order chi connectivity index (χ0) is 16.9. The molecule has 0 saturated carbocycles. The molecule has 2 atom stereocenters. The van der Waals surface area contributed by atoms with Crippen molar-refractivity contribution in [2.45, 2.75) is 31.4 Å². The number of hydrogen-bond donors (Lipinski definition) is 2. The van der Waals surface area contributed by atoms with Crippen molar-refractivity contribution in [1.82, 2.24) is 15.5 Å². The number of morpholine rings is 1. The summed E-state index contributed by atoms with van der Waals surface area (Å²) in [5.41, 5.74) is 0.256. The normalized spacial score (nSPS) is 23.8. The summed E-state index contributed by atoms with van der Waals surface area (Å²) >= 11 is 0. The molecule has 2 heterocycles. The lowest BCUT2D eigenvalue weighted by molar-refractivity contribution is -0.0457. The molecule has 0 bridgehead atoms. The second-order valence-electron chi connectivity index (χ2n) is 6.37. The van der Waals surface area contributed by atoms with E-state index in [0.29, 0.717) is 12.6 Å². The number of rotatable bonds is 5. The number of fused-ring (bicyclic) bond motifs is 1. The van der Waals surface area contributed by atoms with Gasteiger partial charge in [0.25, 0.3) is 0 Å². The quantitative estimate of drug-likeness (QED) is 0.858. The largest absolute Gasteiger partial charge is 0.373 e. The molecular formula is C17H23F2N3O2. The number of amides is 2. The molecule has 132 valence electrons. The van der Waals surface area contributed by atoms with Gasteiger partial charge in [-0.2, -0.15) is 0 Å². The van der Waals surface area contributed by atoms with Crippen LogP contribution in [0, 0.1) is 11.6 Å². The second-order valence-corrected chi connectivity index (χ2v) is 6.37. The average molecular weight is 339 g/mol. The van der Waals surface area contributed by atoms with Gasteiger partial charge in [0.15, 0.2) is 0 Å². The van der Waals surface area contributed by atoms with Gasteiger partial charge in [0.05, 0.1) is 12.7 Å². The summed E-state index contributed by atoms with van der Waals surface area (Å²) in [6.07, 6.45) is 2.65. The molecule has 0 spiro atoms. The van der Waals surface area contributed by atoms with Crippen LogP contribution in [0.3, 0.4) is 0 Å². The summed E-state index contributed by atoms with van der Waals surface area (Å²) in [5, 5.41) is 5.43. The maximum absolute atomic E-state index is 13.5. The Morgan fingerprint density at radius 3 is 3.08 bits per heavy atom. The SMILES string of the molecule is O=C(NCCc1cc(F)ccc1F)NC[C@@H]1CN2CCC[C@@H]2CO1. The van der Waals surface area contributed by atoms with Crippen LogP contribution in [0.15, 0.2) is 18.2 Å². The molecule has 2 aliphatic heterocycles. The molecule has 3 rings (SSSR count). The minimum absolute atomic E-state index is 0.00534. The molecule has 0 aromatic heterocycles. The van der Waals surface area contributed by atoms with Crippen LogP contribution in [-0.4, -0.2) is 55.9 Å². The molecule has 1 aromatic carbocycles. The van der Waals surface area contributed by atoms with E-state index in [1.807, 2.05) is 0 Å². The first-order valence-electron chi connectivity index (χ1n) is 8.43. The van der Waals surface area contributed by atoms with E-state index in [-0.39, 0.29) is 30.7 Å². The first-order chi connectivity index (χ1) is 11.6. The van der Waals surface area contributed by atoms with E-state index >= 15 is 0 Å². The first kappa shape index (κ1) is 17.1. The number of carbonyl (C=O) groups excluding carboxylic acids is 1. The fraction of sp³-hybridized carbons (Fsp3) is 0.588. The number of carbonyl (C=O) groups is 1. The summed E-state index contributed by atoms with van der Waals surface area (Å²) in [4.78, 5) is 14.2. The Morgan fingerprint density at radius 1 is 1.33 bits per heavy atom. The van der Waals surface area contributed by atoms with Gasteiger partial charge in [0.2, 0.25) is 0 Å². The molecule has 7 heteroatoms. The minimum Gasteiger partial charge on any atom is -0.373 e. The molecule has 0 aliphatic carbocycles. The number of hydrogen-bond acceptors (Lipinski definition) is 3. The third-order valence-electron chi connectivity index (χ3n) is 4.64. The number of ether oxygens (including phenoxy) is 1. The maximum atomic E-state index is 13.5. The van der Waals surface area contributed by atoms with Crippen molar-refractivity contribution >= 4 is 6.03 Å². The number of urea groups is 1. The van der Waals surface area contributed by atoms with Crippen LogP contribution in [0.25, 0.3) is 0 Å². The predicted molar refractivity (Wildman–Crippen MR) is 85.8 cm³/mol. The number of halogens is 2. The van der Waals surface area contributed by atoms with E-state index in [1.54, 1.807) is 0 Å². The molecular weight excluding hydrogens is 316 g/mol. The van der Waals surface area contributed by atoms with Crippen molar-refractivity contribution in [2.24, 2.45) is 0 Å². The van der Waals surface area contributed by atoms with Gasteiger partial charge in [-0.3, -0.25) is 4.90 Å². The van der Waals surface area contributed by atoms with Gasteiger partial charge in [-0.25, -0.2) is 13.6 Å². The topological polar surface area (TPSA) is 53.6 Å². The van der Waals surface area contributed by atoms with E-state index in [4.69, 9.17) is 4.74 Å². The number of nitrogens with one attached hydrogen (secondary N) is 2. The van der Waals surface area contributed by atoms with Crippen LogP contribution in [0.4, 0.5) is 13.6 Å². The Hall–Kier alpha value is -1.73.